The molecular weight excluding hydrogens is 326 g/mol. The van der Waals surface area contributed by atoms with Crippen molar-refractivity contribution in [1.82, 2.24) is 15.1 Å². The van der Waals surface area contributed by atoms with Gasteiger partial charge in [-0.25, -0.2) is 0 Å². The van der Waals surface area contributed by atoms with Gasteiger partial charge < -0.3 is 10.2 Å². The zero-order chi connectivity index (χ0) is 17.3. The van der Waals surface area contributed by atoms with E-state index in [1.54, 1.807) is 17.0 Å². The normalized spacial score (nSPS) is 22.9. The summed E-state index contributed by atoms with van der Waals surface area (Å²) in [4.78, 5) is 28.6. The van der Waals surface area contributed by atoms with Crippen LogP contribution >= 0.6 is 11.6 Å². The van der Waals surface area contributed by atoms with Gasteiger partial charge in [0.1, 0.15) is 0 Å². The summed E-state index contributed by atoms with van der Waals surface area (Å²) >= 11 is 6.17. The number of carbonyl (C=O) groups is 2. The average Bonchev–Trinajstić information content (AvgIpc) is 2.87. The summed E-state index contributed by atoms with van der Waals surface area (Å²) in [6, 6.07) is 5.64. The van der Waals surface area contributed by atoms with Crippen molar-refractivity contribution < 1.29 is 9.59 Å². The van der Waals surface area contributed by atoms with Crippen molar-refractivity contribution in [3.63, 3.8) is 0 Å². The number of likely N-dealkylation sites (tertiary alicyclic amines) is 2. The van der Waals surface area contributed by atoms with Crippen molar-refractivity contribution in [2.24, 2.45) is 0 Å². The molecule has 1 atom stereocenters. The molecule has 130 valence electrons. The van der Waals surface area contributed by atoms with Gasteiger partial charge in [0, 0.05) is 32.7 Å². The number of amides is 2. The van der Waals surface area contributed by atoms with Crippen molar-refractivity contribution in [2.75, 3.05) is 26.7 Å². The van der Waals surface area contributed by atoms with Gasteiger partial charge in [0.15, 0.2) is 0 Å². The number of carbonyl (C=O) groups excluding carboxylic acids is 2. The molecule has 1 aromatic rings. The van der Waals surface area contributed by atoms with Gasteiger partial charge in [-0.2, -0.15) is 0 Å². The Morgan fingerprint density at radius 1 is 1.21 bits per heavy atom. The zero-order valence-electron chi connectivity index (χ0n) is 14.2. The number of likely N-dealkylation sites (N-methyl/N-ethyl adjacent to an activating group) is 1. The number of halogens is 1. The molecule has 2 fully saturated rings. The predicted molar refractivity (Wildman–Crippen MR) is 94.3 cm³/mol. The molecule has 2 saturated heterocycles. The molecule has 1 unspecified atom stereocenters. The number of aryl methyl sites for hydroxylation is 1. The van der Waals surface area contributed by atoms with E-state index in [-0.39, 0.29) is 23.9 Å². The summed E-state index contributed by atoms with van der Waals surface area (Å²) in [6.45, 7) is 4.48. The van der Waals surface area contributed by atoms with E-state index in [9.17, 15) is 9.59 Å². The summed E-state index contributed by atoms with van der Waals surface area (Å²) in [5, 5.41) is 3.57. The summed E-state index contributed by atoms with van der Waals surface area (Å²) in [7, 11) is 1.86. The third-order valence-electron chi connectivity index (χ3n) is 5.07. The molecule has 2 aliphatic rings. The highest BCUT2D eigenvalue weighted by atomic mass is 35.5. The Morgan fingerprint density at radius 3 is 2.50 bits per heavy atom. The minimum Gasteiger partial charge on any atom is -0.349 e. The fraction of sp³-hybridized carbons (Fsp3) is 0.556. The molecule has 0 aromatic heterocycles. The van der Waals surface area contributed by atoms with E-state index in [1.807, 2.05) is 20.0 Å². The largest absolute Gasteiger partial charge is 0.349 e. The van der Waals surface area contributed by atoms with E-state index >= 15 is 0 Å². The van der Waals surface area contributed by atoms with Crippen molar-refractivity contribution in [3.05, 3.63) is 34.3 Å². The van der Waals surface area contributed by atoms with Crippen LogP contribution in [0.1, 0.15) is 35.2 Å². The Hall–Kier alpha value is -1.59. The number of hydrogen-bond donors (Lipinski definition) is 1. The lowest BCUT2D eigenvalue weighted by molar-refractivity contribution is -0.131. The maximum absolute atomic E-state index is 12.4. The van der Waals surface area contributed by atoms with Crippen LogP contribution in [0.25, 0.3) is 0 Å². The van der Waals surface area contributed by atoms with Gasteiger partial charge in [-0.15, -0.1) is 0 Å². The first-order valence-electron chi connectivity index (χ1n) is 8.52. The van der Waals surface area contributed by atoms with E-state index in [0.717, 1.165) is 44.5 Å². The number of piperidine rings is 1. The van der Waals surface area contributed by atoms with E-state index in [1.165, 1.54) is 0 Å². The lowest BCUT2D eigenvalue weighted by Crippen LogP contribution is -2.50. The van der Waals surface area contributed by atoms with E-state index in [0.29, 0.717) is 10.6 Å². The number of nitrogens with zero attached hydrogens (tertiary/aromatic N) is 2. The minimum atomic E-state index is -0.116. The van der Waals surface area contributed by atoms with Crippen LogP contribution < -0.4 is 5.32 Å². The second-order valence-electron chi connectivity index (χ2n) is 6.83. The number of hydrogen-bond acceptors (Lipinski definition) is 3. The van der Waals surface area contributed by atoms with Gasteiger partial charge in [-0.1, -0.05) is 17.7 Å². The SMILES string of the molecule is Cc1ccc(C(=O)NC2CCN(C3CCN(C)C3=O)CC2)c(Cl)c1. The van der Waals surface area contributed by atoms with Gasteiger partial charge in [-0.3, -0.25) is 14.5 Å². The highest BCUT2D eigenvalue weighted by Gasteiger charge is 2.35. The lowest BCUT2D eigenvalue weighted by atomic mass is 10.0. The van der Waals surface area contributed by atoms with Crippen LogP contribution in [0, 0.1) is 6.92 Å². The molecule has 6 heteroatoms. The van der Waals surface area contributed by atoms with Crippen molar-refractivity contribution in [2.45, 2.75) is 38.3 Å². The third-order valence-corrected chi connectivity index (χ3v) is 5.39. The highest BCUT2D eigenvalue weighted by Crippen LogP contribution is 2.22. The van der Waals surface area contributed by atoms with Crippen LogP contribution in [0.15, 0.2) is 18.2 Å². The summed E-state index contributed by atoms with van der Waals surface area (Å²) in [5.74, 6) is 0.110. The Kier molecular flexibility index (Phi) is 5.11. The molecule has 2 amide bonds. The summed E-state index contributed by atoms with van der Waals surface area (Å²) in [5.41, 5.74) is 1.56. The fourth-order valence-electron chi connectivity index (χ4n) is 3.57. The second kappa shape index (κ2) is 7.11. The number of nitrogens with one attached hydrogen (secondary N) is 1. The molecule has 1 aromatic carbocycles. The third kappa shape index (κ3) is 3.57. The fourth-order valence-corrected chi connectivity index (χ4v) is 3.89. The van der Waals surface area contributed by atoms with E-state index in [4.69, 9.17) is 11.6 Å². The van der Waals surface area contributed by atoms with Crippen LogP contribution in [0.3, 0.4) is 0 Å². The molecule has 0 aliphatic carbocycles. The Bertz CT molecular complexity index is 641. The van der Waals surface area contributed by atoms with Crippen LogP contribution in [-0.2, 0) is 4.79 Å². The van der Waals surface area contributed by atoms with Crippen LogP contribution in [0.5, 0.6) is 0 Å². The summed E-state index contributed by atoms with van der Waals surface area (Å²) in [6.07, 6.45) is 2.64. The predicted octanol–water partition coefficient (Wildman–Crippen LogP) is 2.07. The Morgan fingerprint density at radius 2 is 1.92 bits per heavy atom. The van der Waals surface area contributed by atoms with Crippen molar-refractivity contribution >= 4 is 23.4 Å². The molecule has 2 aliphatic heterocycles. The summed E-state index contributed by atoms with van der Waals surface area (Å²) < 4.78 is 0. The van der Waals surface area contributed by atoms with E-state index in [2.05, 4.69) is 10.2 Å². The zero-order valence-corrected chi connectivity index (χ0v) is 15.0. The quantitative estimate of drug-likeness (QED) is 0.909. The molecule has 24 heavy (non-hydrogen) atoms. The Balaban J connectivity index is 1.54. The van der Waals surface area contributed by atoms with E-state index < -0.39 is 0 Å². The van der Waals surface area contributed by atoms with Crippen molar-refractivity contribution in [1.29, 1.82) is 0 Å². The Labute approximate surface area is 147 Å². The second-order valence-corrected chi connectivity index (χ2v) is 7.24. The van der Waals surface area contributed by atoms with Gasteiger partial charge in [0.05, 0.1) is 16.6 Å². The monoisotopic (exact) mass is 349 g/mol. The smallest absolute Gasteiger partial charge is 0.253 e. The van der Waals surface area contributed by atoms with Gasteiger partial charge >= 0.3 is 0 Å². The molecule has 0 spiro atoms. The molecule has 5 nitrogen and oxygen atoms in total. The van der Waals surface area contributed by atoms with Gasteiger partial charge in [-0.05, 0) is 43.9 Å². The molecule has 2 heterocycles. The molecule has 0 bridgehead atoms. The molecule has 0 saturated carbocycles. The first kappa shape index (κ1) is 17.2. The molecule has 3 rings (SSSR count). The number of rotatable bonds is 3. The molecular formula is C18H24ClN3O2. The molecule has 0 radical (unpaired) electrons. The van der Waals surface area contributed by atoms with Gasteiger partial charge in [0.2, 0.25) is 5.91 Å². The highest BCUT2D eigenvalue weighted by molar-refractivity contribution is 6.33. The minimum absolute atomic E-state index is 0.0261. The van der Waals surface area contributed by atoms with Crippen LogP contribution in [0.2, 0.25) is 5.02 Å². The maximum atomic E-state index is 12.4. The first-order valence-corrected chi connectivity index (χ1v) is 8.89. The topological polar surface area (TPSA) is 52.7 Å². The number of benzene rings is 1. The standard InChI is InChI=1S/C18H24ClN3O2/c1-12-3-4-14(15(19)11-12)17(23)20-13-5-9-22(10-6-13)16-7-8-21(2)18(16)24/h3-4,11,13,16H,5-10H2,1-2H3,(H,20,23). The lowest BCUT2D eigenvalue weighted by Gasteiger charge is -2.35. The van der Waals surface area contributed by atoms with Crippen LogP contribution in [-0.4, -0.2) is 60.4 Å². The first-order chi connectivity index (χ1) is 11.5. The van der Waals surface area contributed by atoms with Gasteiger partial charge in [0.25, 0.3) is 5.91 Å². The average molecular weight is 350 g/mol. The molecule has 1 N–H and O–H groups in total. The van der Waals surface area contributed by atoms with Crippen molar-refractivity contribution in [3.8, 4) is 0 Å². The van der Waals surface area contributed by atoms with Crippen LogP contribution in [0.4, 0.5) is 0 Å². The maximum Gasteiger partial charge on any atom is 0.253 e.